The first kappa shape index (κ1) is 12.7. The molecule has 0 aromatic rings. The Labute approximate surface area is 130 Å². The fourth-order valence-electron chi connectivity index (χ4n) is 3.40. The van der Waals surface area contributed by atoms with Crippen LogP contribution in [-0.4, -0.2) is 53.6 Å². The van der Waals surface area contributed by atoms with Gasteiger partial charge in [0.15, 0.2) is 0 Å². The van der Waals surface area contributed by atoms with Crippen molar-refractivity contribution in [2.24, 2.45) is 0 Å². The first-order chi connectivity index (χ1) is 11.1. The van der Waals surface area contributed by atoms with E-state index in [1.54, 1.807) is 4.90 Å². The largest absolute Gasteiger partial charge is 0.381 e. The molecular weight excluding hydrogens is 284 g/mol. The van der Waals surface area contributed by atoms with Crippen molar-refractivity contribution in [2.45, 2.75) is 38.3 Å². The molecule has 0 radical (unpaired) electrons. The topological polar surface area (TPSA) is 73.9 Å². The zero-order valence-electron chi connectivity index (χ0n) is 13.5. The second-order valence-electron chi connectivity index (χ2n) is 6.02. The van der Waals surface area contributed by atoms with Crippen molar-refractivity contribution >= 4 is 11.8 Å². The third-order valence-corrected chi connectivity index (χ3v) is 4.70. The van der Waals surface area contributed by atoms with Crippen molar-refractivity contribution in [2.75, 3.05) is 19.8 Å². The lowest BCUT2D eigenvalue weighted by molar-refractivity contribution is -0.130. The van der Waals surface area contributed by atoms with E-state index in [1.165, 1.54) is 10.4 Å². The molecule has 1 atom stereocenters. The van der Waals surface area contributed by atoms with Crippen molar-refractivity contribution in [3.63, 3.8) is 0 Å². The molecule has 0 spiro atoms. The van der Waals surface area contributed by atoms with Gasteiger partial charge in [0, 0.05) is 25.3 Å². The lowest BCUT2D eigenvalue weighted by Gasteiger charge is -2.31. The molecule has 0 saturated carbocycles. The molecule has 1 unspecified atom stereocenters. The highest BCUT2D eigenvalue weighted by atomic mass is 16.5. The smallest absolute Gasteiger partial charge is 0.274 e. The Kier molecular flexibility index (Phi) is 2.94. The summed E-state index contributed by atoms with van der Waals surface area (Å²) in [7, 11) is 0. The van der Waals surface area contributed by atoms with Gasteiger partial charge in [-0.1, -0.05) is 6.92 Å². The number of fused-ring (bicyclic) bond motifs is 1. The minimum absolute atomic E-state index is 0.114. The first-order valence-electron chi connectivity index (χ1n) is 8.29. The lowest BCUT2D eigenvalue weighted by Crippen LogP contribution is -2.48. The van der Waals surface area contributed by atoms with E-state index in [9.17, 15) is 9.59 Å². The van der Waals surface area contributed by atoms with Crippen LogP contribution >= 0.6 is 0 Å². The molecule has 0 aliphatic carbocycles. The normalized spacial score (nSPS) is 30.3. The molecule has 2 N–H and O–H groups in total. The van der Waals surface area contributed by atoms with Crippen molar-refractivity contribution in [1.82, 2.24) is 20.6 Å². The van der Waals surface area contributed by atoms with Crippen LogP contribution in [-0.2, 0) is 14.3 Å². The molecule has 22 heavy (non-hydrogen) atoms. The monoisotopic (exact) mass is 305 g/mol. The SMILES string of the molecule is [2H]N1C(CC)C=C2NC3=C(CN(C4CCOCC4)C3=O)C(=O)N21. The number of rotatable bonds is 2. The standard InChI is InChI=1S/C15H20N4O3/c1-2-9-7-12-16-13-11(14(20)19(12)17-9)8-18(15(13)21)10-3-5-22-6-4-10/h7,9-10,16-17H,2-6,8H2,1H3/i/hD. The van der Waals surface area contributed by atoms with Crippen LogP contribution in [0.2, 0.25) is 1.41 Å². The summed E-state index contributed by atoms with van der Waals surface area (Å²) in [6, 6.07) is -0.0288. The molecule has 4 heterocycles. The van der Waals surface area contributed by atoms with E-state index in [0.29, 0.717) is 36.8 Å². The summed E-state index contributed by atoms with van der Waals surface area (Å²) >= 11 is 0. The molecule has 7 heteroatoms. The lowest BCUT2D eigenvalue weighted by atomic mass is 10.1. The van der Waals surface area contributed by atoms with Gasteiger partial charge >= 0.3 is 0 Å². The maximum atomic E-state index is 12.8. The summed E-state index contributed by atoms with van der Waals surface area (Å²) in [5, 5.41) is 4.41. The minimum atomic E-state index is -0.265. The molecular formula is C15H20N4O3. The Bertz CT molecular complexity index is 626. The van der Waals surface area contributed by atoms with Crippen LogP contribution in [0.25, 0.3) is 0 Å². The zero-order valence-corrected chi connectivity index (χ0v) is 12.5. The number of nitrogens with one attached hydrogen (secondary N) is 2. The fourth-order valence-corrected chi connectivity index (χ4v) is 3.40. The second kappa shape index (κ2) is 5.10. The maximum Gasteiger partial charge on any atom is 0.274 e. The van der Waals surface area contributed by atoms with E-state index >= 15 is 0 Å². The maximum absolute atomic E-state index is 12.8. The van der Waals surface area contributed by atoms with Crippen LogP contribution in [0, 0.1) is 0 Å². The summed E-state index contributed by atoms with van der Waals surface area (Å²) in [5.41, 5.74) is 2.04. The molecule has 1 saturated heterocycles. The summed E-state index contributed by atoms with van der Waals surface area (Å²) in [4.78, 5) is 27.2. The number of hydrogen-bond donors (Lipinski definition) is 2. The van der Waals surface area contributed by atoms with Gasteiger partial charge in [-0.25, -0.2) is 10.4 Å². The quantitative estimate of drug-likeness (QED) is 0.741. The number of nitrogens with zero attached hydrogens (tertiary/aromatic N) is 2. The first-order valence-corrected chi connectivity index (χ1v) is 7.85. The number of hydrogen-bond acceptors (Lipinski definition) is 5. The Morgan fingerprint density at radius 2 is 2.14 bits per heavy atom. The van der Waals surface area contributed by atoms with E-state index < -0.39 is 0 Å². The molecule has 4 aliphatic rings. The molecule has 118 valence electrons. The van der Waals surface area contributed by atoms with Crippen molar-refractivity contribution in [3.8, 4) is 0 Å². The van der Waals surface area contributed by atoms with Gasteiger partial charge in [-0.2, -0.15) is 0 Å². The summed E-state index contributed by atoms with van der Waals surface area (Å²) < 4.78 is 13.5. The molecule has 0 bridgehead atoms. The Hall–Kier alpha value is -1.86. The summed E-state index contributed by atoms with van der Waals surface area (Å²) in [5.74, 6) is 0.147. The number of carbonyl (C=O) groups is 2. The van der Waals surface area contributed by atoms with E-state index in [2.05, 4.69) is 5.32 Å². The third-order valence-electron chi connectivity index (χ3n) is 4.70. The molecule has 4 aliphatic heterocycles. The molecule has 2 amide bonds. The third kappa shape index (κ3) is 1.96. The predicted molar refractivity (Wildman–Crippen MR) is 77.9 cm³/mol. The predicted octanol–water partition coefficient (Wildman–Crippen LogP) is -0.168. The molecule has 7 nitrogen and oxygen atoms in total. The minimum Gasteiger partial charge on any atom is -0.381 e. The Morgan fingerprint density at radius 3 is 2.86 bits per heavy atom. The average molecular weight is 305 g/mol. The van der Waals surface area contributed by atoms with E-state index in [1.807, 2.05) is 13.0 Å². The van der Waals surface area contributed by atoms with Gasteiger partial charge in [0.05, 0.1) is 12.1 Å². The Balaban J connectivity index is 1.60. The van der Waals surface area contributed by atoms with Crippen molar-refractivity contribution < 1.29 is 15.7 Å². The number of carbonyl (C=O) groups excluding carboxylic acids is 2. The summed E-state index contributed by atoms with van der Waals surface area (Å²) in [6.07, 6.45) is 4.16. The second-order valence-corrected chi connectivity index (χ2v) is 6.02. The van der Waals surface area contributed by atoms with Crippen LogP contribution in [0.5, 0.6) is 0 Å². The van der Waals surface area contributed by atoms with Crippen LogP contribution in [0.1, 0.15) is 26.2 Å². The zero-order chi connectivity index (χ0) is 16.1. The van der Waals surface area contributed by atoms with Gasteiger partial charge in [0.25, 0.3) is 11.8 Å². The van der Waals surface area contributed by atoms with Gasteiger partial charge in [-0.05, 0) is 25.3 Å². The summed E-state index contributed by atoms with van der Waals surface area (Å²) in [6.45, 7) is 3.58. The van der Waals surface area contributed by atoms with Gasteiger partial charge in [0.1, 0.15) is 12.9 Å². The van der Waals surface area contributed by atoms with Crippen molar-refractivity contribution in [1.29, 1.82) is 0 Å². The number of ether oxygens (including phenoxy) is 1. The highest BCUT2D eigenvalue weighted by Gasteiger charge is 2.45. The van der Waals surface area contributed by atoms with Crippen LogP contribution in [0.15, 0.2) is 23.2 Å². The number of hydrazine groups is 1. The van der Waals surface area contributed by atoms with E-state index in [-0.39, 0.29) is 23.9 Å². The van der Waals surface area contributed by atoms with Crippen LogP contribution < -0.4 is 10.7 Å². The van der Waals surface area contributed by atoms with Gasteiger partial charge in [-0.3, -0.25) is 9.59 Å². The molecule has 0 aromatic heterocycles. The molecule has 4 rings (SSSR count). The molecule has 1 fully saturated rings. The van der Waals surface area contributed by atoms with Gasteiger partial charge in [-0.15, -0.1) is 0 Å². The highest BCUT2D eigenvalue weighted by Crippen LogP contribution is 2.31. The van der Waals surface area contributed by atoms with E-state index in [4.69, 9.17) is 6.15 Å². The molecule has 0 aromatic carbocycles. The van der Waals surface area contributed by atoms with Crippen LogP contribution in [0.4, 0.5) is 0 Å². The fraction of sp³-hybridized carbons (Fsp3) is 0.600. The van der Waals surface area contributed by atoms with Crippen molar-refractivity contribution in [3.05, 3.63) is 23.2 Å². The van der Waals surface area contributed by atoms with Crippen LogP contribution in [0.3, 0.4) is 0 Å². The van der Waals surface area contributed by atoms with Gasteiger partial charge < -0.3 is 15.0 Å². The number of amides is 2. The van der Waals surface area contributed by atoms with Gasteiger partial charge in [0.2, 0.25) is 0 Å². The average Bonchev–Trinajstić information content (AvgIpc) is 3.07. The Morgan fingerprint density at radius 1 is 1.36 bits per heavy atom. The van der Waals surface area contributed by atoms with E-state index in [0.717, 1.165) is 19.3 Å². The highest BCUT2D eigenvalue weighted by molar-refractivity contribution is 6.10.